The third kappa shape index (κ3) is 6.45. The molecule has 1 aromatic carbocycles. The van der Waals surface area contributed by atoms with Gasteiger partial charge in [0.1, 0.15) is 16.3 Å². The smallest absolute Gasteiger partial charge is 0.416 e. The van der Waals surface area contributed by atoms with Gasteiger partial charge in [0.2, 0.25) is 10.0 Å². The van der Waals surface area contributed by atoms with Crippen LogP contribution in [0.1, 0.15) is 26.3 Å². The molecular weight excluding hydrogens is 380 g/mol. The fourth-order valence-electron chi connectivity index (χ4n) is 1.74. The molecule has 11 heteroatoms. The van der Waals surface area contributed by atoms with Gasteiger partial charge in [-0.2, -0.15) is 13.2 Å². The van der Waals surface area contributed by atoms with E-state index in [9.17, 15) is 30.8 Å². The molecule has 0 aliphatic carbocycles. The topological polar surface area (TPSA) is 75.7 Å². The van der Waals surface area contributed by atoms with Crippen LogP contribution in [0.4, 0.5) is 22.4 Å². The number of sulfonamides is 1. The second-order valence-corrected chi connectivity index (χ2v) is 8.18. The second-order valence-electron chi connectivity index (χ2n) is 6.44. The van der Waals surface area contributed by atoms with E-state index in [0.29, 0.717) is 12.1 Å². The molecule has 0 saturated carbocycles. The highest BCUT2D eigenvalue weighted by atomic mass is 32.2. The maximum atomic E-state index is 13.7. The lowest BCUT2D eigenvalue weighted by Gasteiger charge is -2.24. The summed E-state index contributed by atoms with van der Waals surface area (Å²) in [7, 11) is -3.18. The van der Waals surface area contributed by atoms with Crippen LogP contribution in [-0.2, 0) is 20.9 Å². The van der Waals surface area contributed by atoms with Crippen molar-refractivity contribution in [1.29, 1.82) is 0 Å². The lowest BCUT2D eigenvalue weighted by atomic mass is 10.2. The minimum Gasteiger partial charge on any atom is -0.444 e. The zero-order valence-electron chi connectivity index (χ0n) is 14.6. The summed E-state index contributed by atoms with van der Waals surface area (Å²) in [5, 5.41) is 0. The van der Waals surface area contributed by atoms with Crippen molar-refractivity contribution in [3.05, 3.63) is 29.6 Å². The van der Waals surface area contributed by atoms with E-state index in [-0.39, 0.29) is 19.2 Å². The normalized spacial score (nSPS) is 12.8. The van der Waals surface area contributed by atoms with Crippen molar-refractivity contribution in [2.45, 2.75) is 37.4 Å². The molecule has 0 fully saturated rings. The fourth-order valence-corrected chi connectivity index (χ4v) is 2.86. The van der Waals surface area contributed by atoms with E-state index < -0.39 is 44.2 Å². The van der Waals surface area contributed by atoms with Gasteiger partial charge in [-0.05, 0) is 39.0 Å². The van der Waals surface area contributed by atoms with Crippen molar-refractivity contribution in [1.82, 2.24) is 9.62 Å². The Bertz CT molecular complexity index is 758. The molecule has 0 aromatic heterocycles. The lowest BCUT2D eigenvalue weighted by Crippen LogP contribution is -2.39. The van der Waals surface area contributed by atoms with Gasteiger partial charge in [0.05, 0.1) is 5.56 Å². The van der Waals surface area contributed by atoms with Gasteiger partial charge in [0.25, 0.3) is 0 Å². The molecule has 0 radical (unpaired) electrons. The van der Waals surface area contributed by atoms with Crippen molar-refractivity contribution < 1.29 is 35.5 Å². The Morgan fingerprint density at radius 3 is 2.31 bits per heavy atom. The Morgan fingerprint density at radius 1 is 1.23 bits per heavy atom. The Labute approximate surface area is 149 Å². The van der Waals surface area contributed by atoms with E-state index in [4.69, 9.17) is 4.74 Å². The molecule has 148 valence electrons. The summed E-state index contributed by atoms with van der Waals surface area (Å²) in [5.74, 6) is -1.31. The van der Waals surface area contributed by atoms with E-state index in [2.05, 4.69) is 0 Å². The van der Waals surface area contributed by atoms with Gasteiger partial charge in [-0.3, -0.25) is 0 Å². The van der Waals surface area contributed by atoms with E-state index in [1.165, 1.54) is 7.05 Å². The van der Waals surface area contributed by atoms with Crippen LogP contribution in [0, 0.1) is 5.82 Å². The number of benzene rings is 1. The Hall–Kier alpha value is -1.88. The number of ether oxygens (including phenoxy) is 1. The number of carbonyl (C=O) groups is 1. The lowest BCUT2D eigenvalue weighted by molar-refractivity contribution is -0.137. The molecular formula is C15H20F4N2O4S. The van der Waals surface area contributed by atoms with Gasteiger partial charge in [0, 0.05) is 20.1 Å². The number of nitrogens with one attached hydrogen (secondary N) is 1. The second kappa shape index (κ2) is 7.78. The van der Waals surface area contributed by atoms with Crippen molar-refractivity contribution in [2.75, 3.05) is 20.1 Å². The third-order valence-corrected chi connectivity index (χ3v) is 4.47. The molecule has 0 bridgehead atoms. The molecule has 1 amide bonds. The first-order valence-corrected chi connectivity index (χ1v) is 8.92. The van der Waals surface area contributed by atoms with E-state index >= 15 is 0 Å². The summed E-state index contributed by atoms with van der Waals surface area (Å²) in [6.45, 7) is 4.48. The van der Waals surface area contributed by atoms with Crippen molar-refractivity contribution >= 4 is 16.1 Å². The monoisotopic (exact) mass is 400 g/mol. The average Bonchev–Trinajstić information content (AvgIpc) is 2.44. The maximum Gasteiger partial charge on any atom is 0.416 e. The highest BCUT2D eigenvalue weighted by Crippen LogP contribution is 2.31. The number of hydrogen-bond donors (Lipinski definition) is 1. The van der Waals surface area contributed by atoms with Crippen molar-refractivity contribution in [2.24, 2.45) is 0 Å². The number of hydrogen-bond acceptors (Lipinski definition) is 4. The molecule has 1 aromatic rings. The van der Waals surface area contributed by atoms with Crippen LogP contribution >= 0.6 is 0 Å². The molecule has 26 heavy (non-hydrogen) atoms. The summed E-state index contributed by atoms with van der Waals surface area (Å²) in [5.41, 5.74) is -2.03. The number of halogens is 4. The fraction of sp³-hybridized carbons (Fsp3) is 0.533. The Balaban J connectivity index is 2.80. The van der Waals surface area contributed by atoms with E-state index in [0.717, 1.165) is 4.90 Å². The minimum absolute atomic E-state index is 0.130. The molecule has 0 aliphatic heterocycles. The molecule has 0 saturated heterocycles. The summed E-state index contributed by atoms with van der Waals surface area (Å²) >= 11 is 0. The predicted octanol–water partition coefficient (Wildman–Crippen LogP) is 2.99. The minimum atomic E-state index is -4.81. The van der Waals surface area contributed by atoms with Gasteiger partial charge in [-0.15, -0.1) is 0 Å². The van der Waals surface area contributed by atoms with Crippen LogP contribution in [0.3, 0.4) is 0 Å². The summed E-state index contributed by atoms with van der Waals surface area (Å²) in [4.78, 5) is 11.7. The number of alkyl halides is 3. The molecule has 1 N–H and O–H groups in total. The molecule has 6 nitrogen and oxygen atoms in total. The van der Waals surface area contributed by atoms with Crippen LogP contribution in [0.25, 0.3) is 0 Å². The number of likely N-dealkylation sites (N-methyl/N-ethyl adjacent to an activating group) is 1. The predicted molar refractivity (Wildman–Crippen MR) is 85.5 cm³/mol. The summed E-state index contributed by atoms with van der Waals surface area (Å²) in [6.07, 6.45) is -5.52. The average molecular weight is 400 g/mol. The standard InChI is InChI=1S/C15H20F4N2O4S/c1-14(2,3)25-13(22)21(4)8-7-20-26(23,24)12-9-10(15(17,18)19)5-6-11(12)16/h5-6,9,20H,7-8H2,1-4H3. The first-order valence-electron chi connectivity index (χ1n) is 7.44. The third-order valence-electron chi connectivity index (χ3n) is 2.99. The quantitative estimate of drug-likeness (QED) is 0.771. The molecule has 0 unspecified atom stereocenters. The van der Waals surface area contributed by atoms with Crippen LogP contribution in [0.2, 0.25) is 0 Å². The molecule has 0 aliphatic rings. The van der Waals surface area contributed by atoms with Crippen LogP contribution in [0.5, 0.6) is 0 Å². The molecule has 1 rings (SSSR count). The SMILES string of the molecule is CN(CCNS(=O)(=O)c1cc(C(F)(F)F)ccc1F)C(=O)OC(C)(C)C. The van der Waals surface area contributed by atoms with Crippen LogP contribution in [0.15, 0.2) is 23.1 Å². The van der Waals surface area contributed by atoms with Gasteiger partial charge < -0.3 is 9.64 Å². The van der Waals surface area contributed by atoms with Crippen molar-refractivity contribution in [3.8, 4) is 0 Å². The molecule has 0 heterocycles. The van der Waals surface area contributed by atoms with Gasteiger partial charge in [0.15, 0.2) is 0 Å². The maximum absolute atomic E-state index is 13.7. The molecule has 0 atom stereocenters. The zero-order valence-corrected chi connectivity index (χ0v) is 15.5. The van der Waals surface area contributed by atoms with Crippen molar-refractivity contribution in [3.63, 3.8) is 0 Å². The van der Waals surface area contributed by atoms with Gasteiger partial charge in [-0.1, -0.05) is 0 Å². The first-order chi connectivity index (χ1) is 11.6. The van der Waals surface area contributed by atoms with E-state index in [1.54, 1.807) is 20.8 Å². The molecule has 0 spiro atoms. The van der Waals surface area contributed by atoms with Gasteiger partial charge in [-0.25, -0.2) is 22.3 Å². The Kier molecular flexibility index (Phi) is 6.64. The van der Waals surface area contributed by atoms with E-state index in [1.807, 2.05) is 4.72 Å². The summed E-state index contributed by atoms with van der Waals surface area (Å²) < 4.78 is 82.8. The number of carbonyl (C=O) groups excluding carboxylic acids is 1. The number of amides is 1. The van der Waals surface area contributed by atoms with Crippen LogP contribution in [-0.4, -0.2) is 45.1 Å². The zero-order chi connectivity index (χ0) is 20.3. The largest absolute Gasteiger partial charge is 0.444 e. The van der Waals surface area contributed by atoms with Gasteiger partial charge >= 0.3 is 12.3 Å². The number of nitrogens with zero attached hydrogens (tertiary/aromatic N) is 1. The highest BCUT2D eigenvalue weighted by molar-refractivity contribution is 7.89. The van der Waals surface area contributed by atoms with Crippen LogP contribution < -0.4 is 4.72 Å². The first kappa shape index (κ1) is 22.2. The summed E-state index contributed by atoms with van der Waals surface area (Å²) in [6, 6.07) is 1.10. The highest BCUT2D eigenvalue weighted by Gasteiger charge is 2.33. The Morgan fingerprint density at radius 2 is 1.81 bits per heavy atom. The number of rotatable bonds is 5.